The molecule has 5 rings (SSSR count). The van der Waals surface area contributed by atoms with Crippen molar-refractivity contribution in [3.8, 4) is 6.07 Å². The van der Waals surface area contributed by atoms with E-state index in [1.54, 1.807) is 18.3 Å². The summed E-state index contributed by atoms with van der Waals surface area (Å²) in [6.45, 7) is 4.22. The molecule has 2 aliphatic heterocycles. The number of amides is 1. The summed E-state index contributed by atoms with van der Waals surface area (Å²) in [6, 6.07) is 9.49. The molecule has 1 saturated carbocycles. The van der Waals surface area contributed by atoms with Gasteiger partial charge in [0.25, 0.3) is 0 Å². The third-order valence-electron chi connectivity index (χ3n) is 7.15. The van der Waals surface area contributed by atoms with Gasteiger partial charge in [-0.3, -0.25) is 9.78 Å². The van der Waals surface area contributed by atoms with Gasteiger partial charge in [0.05, 0.1) is 29.0 Å². The maximum Gasteiger partial charge on any atom is 0.223 e. The molecule has 2 aromatic heterocycles. The van der Waals surface area contributed by atoms with Gasteiger partial charge in [-0.05, 0) is 49.4 Å². The zero-order chi connectivity index (χ0) is 22.3. The molecule has 7 nitrogen and oxygen atoms in total. The van der Waals surface area contributed by atoms with Crippen molar-refractivity contribution in [2.75, 3.05) is 24.5 Å². The van der Waals surface area contributed by atoms with Crippen LogP contribution in [0.2, 0.25) is 0 Å². The molecular formula is C24H27FN6O. The third-order valence-corrected chi connectivity index (χ3v) is 7.15. The molecule has 166 valence electrons. The van der Waals surface area contributed by atoms with E-state index in [0.717, 1.165) is 30.8 Å². The highest BCUT2D eigenvalue weighted by atomic mass is 19.1. The number of nitriles is 1. The maximum absolute atomic E-state index is 13.2. The molecule has 1 unspecified atom stereocenters. The first-order valence-corrected chi connectivity index (χ1v) is 11.3. The monoisotopic (exact) mass is 434 g/mol. The van der Waals surface area contributed by atoms with Crippen molar-refractivity contribution >= 4 is 11.7 Å². The molecule has 3 fully saturated rings. The highest BCUT2D eigenvalue weighted by molar-refractivity contribution is 5.77. The van der Waals surface area contributed by atoms with E-state index in [0.29, 0.717) is 37.5 Å². The van der Waals surface area contributed by atoms with Crippen LogP contribution >= 0.6 is 0 Å². The lowest BCUT2D eigenvalue weighted by Crippen LogP contribution is -2.56. The van der Waals surface area contributed by atoms with E-state index >= 15 is 0 Å². The van der Waals surface area contributed by atoms with Gasteiger partial charge in [0.2, 0.25) is 5.91 Å². The average Bonchev–Trinajstić information content (AvgIpc) is 3.56. The van der Waals surface area contributed by atoms with Crippen molar-refractivity contribution in [3.63, 3.8) is 0 Å². The summed E-state index contributed by atoms with van der Waals surface area (Å²) in [7, 11) is 0. The summed E-state index contributed by atoms with van der Waals surface area (Å²) in [4.78, 5) is 26.0. The number of hydrogen-bond donors (Lipinski definition) is 1. The SMILES string of the molecule is C[C@@H]1CC2CN(C(=O)CCNC3(c4ccc(F)cn4)CC3)C[C@@H]1N2c1ccc(C#N)cn1. The molecule has 1 aliphatic carbocycles. The summed E-state index contributed by atoms with van der Waals surface area (Å²) in [5.74, 6) is 1.20. The minimum absolute atomic E-state index is 0.164. The Morgan fingerprint density at radius 1 is 1.25 bits per heavy atom. The molecule has 0 spiro atoms. The van der Waals surface area contributed by atoms with Gasteiger partial charge in [-0.25, -0.2) is 9.37 Å². The lowest BCUT2D eigenvalue weighted by molar-refractivity contribution is -0.132. The van der Waals surface area contributed by atoms with Crippen LogP contribution in [0.1, 0.15) is 43.9 Å². The summed E-state index contributed by atoms with van der Waals surface area (Å²) in [5, 5.41) is 12.5. The van der Waals surface area contributed by atoms with Crippen LogP contribution in [0.4, 0.5) is 10.2 Å². The van der Waals surface area contributed by atoms with Crippen LogP contribution in [-0.4, -0.2) is 52.5 Å². The number of fused-ring (bicyclic) bond motifs is 2. The van der Waals surface area contributed by atoms with E-state index in [2.05, 4.69) is 33.2 Å². The number of piperazine rings is 1. The fourth-order valence-electron chi connectivity index (χ4n) is 5.27. The molecule has 2 aromatic rings. The summed E-state index contributed by atoms with van der Waals surface area (Å²) >= 11 is 0. The molecule has 4 heterocycles. The summed E-state index contributed by atoms with van der Waals surface area (Å²) < 4.78 is 13.2. The average molecular weight is 435 g/mol. The lowest BCUT2D eigenvalue weighted by Gasteiger charge is -2.42. The molecule has 32 heavy (non-hydrogen) atoms. The predicted molar refractivity (Wildman–Crippen MR) is 117 cm³/mol. The minimum Gasteiger partial charge on any atom is -0.347 e. The van der Waals surface area contributed by atoms with Crippen molar-refractivity contribution in [2.24, 2.45) is 5.92 Å². The van der Waals surface area contributed by atoms with Crippen molar-refractivity contribution in [1.82, 2.24) is 20.2 Å². The topological polar surface area (TPSA) is 85.2 Å². The van der Waals surface area contributed by atoms with Gasteiger partial charge >= 0.3 is 0 Å². The van der Waals surface area contributed by atoms with Gasteiger partial charge in [0.1, 0.15) is 17.7 Å². The molecule has 3 aliphatic rings. The highest BCUT2D eigenvalue weighted by Crippen LogP contribution is 2.44. The van der Waals surface area contributed by atoms with Crippen LogP contribution in [0.15, 0.2) is 36.7 Å². The minimum atomic E-state index is -0.334. The number of hydrogen-bond acceptors (Lipinski definition) is 6. The Morgan fingerprint density at radius 3 is 2.72 bits per heavy atom. The fraction of sp³-hybridized carbons (Fsp3) is 0.500. The molecule has 0 aromatic carbocycles. The zero-order valence-electron chi connectivity index (χ0n) is 18.2. The predicted octanol–water partition coefficient (Wildman–Crippen LogP) is 2.58. The van der Waals surface area contributed by atoms with Gasteiger partial charge < -0.3 is 15.1 Å². The van der Waals surface area contributed by atoms with Gasteiger partial charge in [-0.15, -0.1) is 0 Å². The number of carbonyl (C=O) groups excluding carboxylic acids is 1. The van der Waals surface area contributed by atoms with Crippen LogP contribution in [0.5, 0.6) is 0 Å². The first kappa shape index (κ1) is 20.8. The van der Waals surface area contributed by atoms with Crippen molar-refractivity contribution in [2.45, 2.75) is 50.2 Å². The van der Waals surface area contributed by atoms with E-state index in [1.807, 2.05) is 11.0 Å². The Hall–Kier alpha value is -3.05. The normalized spacial score (nSPS) is 25.5. The largest absolute Gasteiger partial charge is 0.347 e. The van der Waals surface area contributed by atoms with Crippen LogP contribution in [0, 0.1) is 23.1 Å². The zero-order valence-corrected chi connectivity index (χ0v) is 18.2. The van der Waals surface area contributed by atoms with Gasteiger partial charge in [0, 0.05) is 38.3 Å². The lowest BCUT2D eigenvalue weighted by atomic mass is 10.0. The molecule has 0 radical (unpaired) electrons. The van der Waals surface area contributed by atoms with E-state index in [4.69, 9.17) is 5.26 Å². The van der Waals surface area contributed by atoms with Gasteiger partial charge in [-0.2, -0.15) is 5.26 Å². The molecule has 8 heteroatoms. The number of nitrogens with one attached hydrogen (secondary N) is 1. The quantitative estimate of drug-likeness (QED) is 0.752. The first-order chi connectivity index (χ1) is 15.5. The Bertz CT molecular complexity index is 1030. The van der Waals surface area contributed by atoms with Crippen LogP contribution in [0.3, 0.4) is 0 Å². The van der Waals surface area contributed by atoms with Gasteiger partial charge in [0.15, 0.2) is 0 Å². The van der Waals surface area contributed by atoms with E-state index < -0.39 is 0 Å². The standard InChI is InChI=1S/C24H27FN6O/c1-16-10-19-14-30(15-20(16)31(19)22-5-2-17(11-26)12-28-22)23(32)6-9-29-24(7-8-24)21-4-3-18(25)13-27-21/h2-5,12-13,16,19-20,29H,6-10,14-15H2,1H3/t16-,19?,20+/m1/s1. The second-order valence-corrected chi connectivity index (χ2v) is 9.28. The fourth-order valence-corrected chi connectivity index (χ4v) is 5.27. The van der Waals surface area contributed by atoms with Crippen LogP contribution in [0.25, 0.3) is 0 Å². The number of aromatic nitrogens is 2. The second kappa shape index (κ2) is 8.14. The van der Waals surface area contributed by atoms with Crippen molar-refractivity contribution < 1.29 is 9.18 Å². The number of anilines is 1. The maximum atomic E-state index is 13.2. The molecule has 1 N–H and O–H groups in total. The van der Waals surface area contributed by atoms with E-state index in [1.165, 1.54) is 12.3 Å². The number of halogens is 1. The third kappa shape index (κ3) is 3.82. The smallest absolute Gasteiger partial charge is 0.223 e. The molecule has 1 amide bonds. The van der Waals surface area contributed by atoms with Crippen molar-refractivity contribution in [1.29, 1.82) is 5.26 Å². The first-order valence-electron chi connectivity index (χ1n) is 11.3. The number of pyridine rings is 2. The Morgan fingerprint density at radius 2 is 2.09 bits per heavy atom. The number of rotatable bonds is 6. The molecule has 3 atom stereocenters. The number of nitrogens with zero attached hydrogens (tertiary/aromatic N) is 5. The van der Waals surface area contributed by atoms with Gasteiger partial charge in [-0.1, -0.05) is 6.92 Å². The molecule has 2 bridgehead atoms. The Labute approximate surface area is 187 Å². The Balaban J connectivity index is 1.18. The van der Waals surface area contributed by atoms with E-state index in [-0.39, 0.29) is 29.3 Å². The molecule has 2 saturated heterocycles. The number of likely N-dealkylation sites (tertiary alicyclic amines) is 1. The molecular weight excluding hydrogens is 407 g/mol. The number of carbonyl (C=O) groups is 1. The van der Waals surface area contributed by atoms with Crippen LogP contribution in [-0.2, 0) is 10.3 Å². The summed E-state index contributed by atoms with van der Waals surface area (Å²) in [5.41, 5.74) is 1.20. The van der Waals surface area contributed by atoms with Crippen molar-refractivity contribution in [3.05, 3.63) is 53.7 Å². The summed E-state index contributed by atoms with van der Waals surface area (Å²) in [6.07, 6.45) is 6.25. The second-order valence-electron chi connectivity index (χ2n) is 9.28. The Kier molecular flexibility index (Phi) is 5.30. The van der Waals surface area contributed by atoms with E-state index in [9.17, 15) is 9.18 Å². The highest BCUT2D eigenvalue weighted by Gasteiger charge is 2.47. The van der Waals surface area contributed by atoms with Crippen LogP contribution < -0.4 is 10.2 Å².